The largest absolute Gasteiger partial charge is 0.497 e. The van der Waals surface area contributed by atoms with Crippen LogP contribution >= 0.6 is 11.3 Å². The van der Waals surface area contributed by atoms with Gasteiger partial charge < -0.3 is 25.2 Å². The molecule has 9 nitrogen and oxygen atoms in total. The molecule has 0 aliphatic heterocycles. The quantitative estimate of drug-likeness (QED) is 0.487. The van der Waals surface area contributed by atoms with Crippen molar-refractivity contribution in [2.24, 2.45) is 5.92 Å². The van der Waals surface area contributed by atoms with Crippen molar-refractivity contribution in [2.75, 3.05) is 52.7 Å². The number of methoxy groups -OCH3 is 1. The summed E-state index contributed by atoms with van der Waals surface area (Å²) in [5.74, 6) is 0.168. The smallest absolute Gasteiger partial charge is 0.254 e. The molecule has 0 saturated heterocycles. The number of benzene rings is 1. The molecule has 0 radical (unpaired) electrons. The maximum atomic E-state index is 13.0. The molecule has 0 atom stereocenters. The van der Waals surface area contributed by atoms with Gasteiger partial charge in [-0.05, 0) is 44.3 Å². The van der Waals surface area contributed by atoms with Gasteiger partial charge in [0, 0.05) is 30.6 Å². The standard InChI is InChI=1S/C23H33N5O4S/c1-16(2)13-28(22(31)17-6-8-19(32-5)9-7-17)14-21(30)26-23-25-18(15-33-23)12-20(29)24-10-11-27(3)4/h6-9,15-16H,10-14H2,1-5H3,(H,24,29)(H,25,26,30). The number of rotatable bonds is 12. The number of nitrogens with zero attached hydrogens (tertiary/aromatic N) is 3. The minimum atomic E-state index is -0.339. The third-order valence-corrected chi connectivity index (χ3v) is 5.37. The Morgan fingerprint density at radius 1 is 1.12 bits per heavy atom. The van der Waals surface area contributed by atoms with E-state index in [9.17, 15) is 14.4 Å². The van der Waals surface area contributed by atoms with E-state index >= 15 is 0 Å². The van der Waals surface area contributed by atoms with Crippen molar-refractivity contribution >= 4 is 34.2 Å². The molecule has 2 aromatic rings. The summed E-state index contributed by atoms with van der Waals surface area (Å²) in [6, 6.07) is 6.80. The van der Waals surface area contributed by atoms with E-state index in [0.717, 1.165) is 6.54 Å². The van der Waals surface area contributed by atoms with Crippen LogP contribution in [0.5, 0.6) is 5.75 Å². The van der Waals surface area contributed by atoms with Gasteiger partial charge in [-0.1, -0.05) is 13.8 Å². The van der Waals surface area contributed by atoms with Crippen molar-refractivity contribution in [1.29, 1.82) is 0 Å². The summed E-state index contributed by atoms with van der Waals surface area (Å²) in [7, 11) is 5.44. The van der Waals surface area contributed by atoms with Crippen molar-refractivity contribution in [3.8, 4) is 5.75 Å². The van der Waals surface area contributed by atoms with Crippen LogP contribution < -0.4 is 15.4 Å². The summed E-state index contributed by atoms with van der Waals surface area (Å²) < 4.78 is 5.14. The zero-order valence-corrected chi connectivity index (χ0v) is 20.7. The third kappa shape index (κ3) is 9.19. The Hall–Kier alpha value is -2.98. The fourth-order valence-corrected chi connectivity index (χ4v) is 3.73. The Morgan fingerprint density at radius 2 is 1.82 bits per heavy atom. The van der Waals surface area contributed by atoms with Gasteiger partial charge >= 0.3 is 0 Å². The molecule has 1 aromatic carbocycles. The Balaban J connectivity index is 1.94. The van der Waals surface area contributed by atoms with Gasteiger partial charge in [-0.3, -0.25) is 14.4 Å². The molecule has 2 N–H and O–H groups in total. The number of carbonyl (C=O) groups excluding carboxylic acids is 3. The normalized spacial score (nSPS) is 10.9. The molecule has 0 aliphatic rings. The average molecular weight is 476 g/mol. The molecular weight excluding hydrogens is 442 g/mol. The fraction of sp³-hybridized carbons (Fsp3) is 0.478. The topological polar surface area (TPSA) is 104 Å². The van der Waals surface area contributed by atoms with Crippen LogP contribution in [0, 0.1) is 5.92 Å². The van der Waals surface area contributed by atoms with Crippen molar-refractivity contribution in [2.45, 2.75) is 20.3 Å². The maximum Gasteiger partial charge on any atom is 0.254 e. The highest BCUT2D eigenvalue weighted by Gasteiger charge is 2.21. The molecule has 3 amide bonds. The van der Waals surface area contributed by atoms with E-state index in [1.165, 1.54) is 16.2 Å². The van der Waals surface area contributed by atoms with Crippen LogP contribution in [0.1, 0.15) is 29.9 Å². The van der Waals surface area contributed by atoms with Crippen LogP contribution in [-0.2, 0) is 16.0 Å². The summed E-state index contributed by atoms with van der Waals surface area (Å²) in [5.41, 5.74) is 1.08. The molecule has 33 heavy (non-hydrogen) atoms. The Labute approximate surface area is 199 Å². The minimum absolute atomic E-state index is 0.0943. The van der Waals surface area contributed by atoms with Crippen LogP contribution in [0.15, 0.2) is 29.6 Å². The van der Waals surface area contributed by atoms with Crippen molar-refractivity contribution in [3.63, 3.8) is 0 Å². The van der Waals surface area contributed by atoms with Gasteiger partial charge in [0.25, 0.3) is 5.91 Å². The lowest BCUT2D eigenvalue weighted by molar-refractivity contribution is -0.120. The van der Waals surface area contributed by atoms with Gasteiger partial charge in [-0.25, -0.2) is 4.98 Å². The van der Waals surface area contributed by atoms with Gasteiger partial charge in [0.1, 0.15) is 12.3 Å². The lowest BCUT2D eigenvalue weighted by Gasteiger charge is -2.24. The first-order valence-corrected chi connectivity index (χ1v) is 11.6. The molecule has 0 saturated carbocycles. The van der Waals surface area contributed by atoms with Gasteiger partial charge in [0.15, 0.2) is 5.13 Å². The summed E-state index contributed by atoms with van der Waals surface area (Å²) in [5, 5.41) is 7.72. The second-order valence-corrected chi connectivity index (χ2v) is 9.19. The van der Waals surface area contributed by atoms with Crippen LogP contribution in [0.4, 0.5) is 5.13 Å². The SMILES string of the molecule is COc1ccc(C(=O)N(CC(=O)Nc2nc(CC(=O)NCCN(C)C)cs2)CC(C)C)cc1. The molecule has 0 unspecified atom stereocenters. The lowest BCUT2D eigenvalue weighted by Crippen LogP contribution is -2.40. The summed E-state index contributed by atoms with van der Waals surface area (Å²) in [6.07, 6.45) is 0.148. The number of anilines is 1. The van der Waals surface area contributed by atoms with Crippen LogP contribution in [-0.4, -0.2) is 79.9 Å². The van der Waals surface area contributed by atoms with Gasteiger partial charge in [-0.15, -0.1) is 11.3 Å². The van der Waals surface area contributed by atoms with Crippen molar-refractivity contribution < 1.29 is 19.1 Å². The van der Waals surface area contributed by atoms with Crippen molar-refractivity contribution in [3.05, 3.63) is 40.9 Å². The first kappa shape index (κ1) is 26.3. The second kappa shape index (κ2) is 12.9. The average Bonchev–Trinajstić information content (AvgIpc) is 3.18. The third-order valence-electron chi connectivity index (χ3n) is 4.57. The number of thiazole rings is 1. The van der Waals surface area contributed by atoms with Gasteiger partial charge in [-0.2, -0.15) is 0 Å². The second-order valence-electron chi connectivity index (χ2n) is 8.33. The highest BCUT2D eigenvalue weighted by atomic mass is 32.1. The number of likely N-dealkylation sites (N-methyl/N-ethyl adjacent to an activating group) is 1. The van der Waals surface area contributed by atoms with Crippen LogP contribution in [0.25, 0.3) is 0 Å². The number of hydrogen-bond donors (Lipinski definition) is 2. The van der Waals surface area contributed by atoms with Gasteiger partial charge in [0.2, 0.25) is 11.8 Å². The zero-order valence-electron chi connectivity index (χ0n) is 19.9. The highest BCUT2D eigenvalue weighted by molar-refractivity contribution is 7.13. The number of amides is 3. The van der Waals surface area contributed by atoms with E-state index in [0.29, 0.717) is 35.2 Å². The summed E-state index contributed by atoms with van der Waals surface area (Å²) in [4.78, 5) is 45.4. The van der Waals surface area contributed by atoms with Gasteiger partial charge in [0.05, 0.1) is 19.2 Å². The first-order valence-electron chi connectivity index (χ1n) is 10.8. The Bertz CT molecular complexity index is 927. The fourth-order valence-electron chi connectivity index (χ4n) is 3.00. The van der Waals surface area contributed by atoms with E-state index in [4.69, 9.17) is 4.74 Å². The maximum absolute atomic E-state index is 13.0. The number of hydrogen-bond acceptors (Lipinski definition) is 7. The van der Waals surface area contributed by atoms with Crippen LogP contribution in [0.3, 0.4) is 0 Å². The molecule has 0 spiro atoms. The first-order chi connectivity index (χ1) is 15.7. The molecule has 1 aromatic heterocycles. The Morgan fingerprint density at radius 3 is 2.42 bits per heavy atom. The highest BCUT2D eigenvalue weighted by Crippen LogP contribution is 2.17. The molecule has 10 heteroatoms. The van der Waals surface area contributed by atoms with E-state index in [1.54, 1.807) is 36.8 Å². The molecule has 180 valence electrons. The lowest BCUT2D eigenvalue weighted by atomic mass is 10.1. The number of ether oxygens (including phenoxy) is 1. The van der Waals surface area contributed by atoms with E-state index < -0.39 is 0 Å². The molecular formula is C23H33N5O4S. The molecule has 1 heterocycles. The monoisotopic (exact) mass is 475 g/mol. The van der Waals surface area contributed by atoms with Crippen molar-refractivity contribution in [1.82, 2.24) is 20.1 Å². The molecule has 0 bridgehead atoms. The van der Waals surface area contributed by atoms with E-state index in [-0.39, 0.29) is 36.6 Å². The molecule has 0 fully saturated rings. The predicted molar refractivity (Wildman–Crippen MR) is 130 cm³/mol. The predicted octanol–water partition coefficient (Wildman–Crippen LogP) is 2.11. The zero-order chi connectivity index (χ0) is 24.4. The summed E-state index contributed by atoms with van der Waals surface area (Å²) in [6.45, 7) is 5.64. The molecule has 0 aliphatic carbocycles. The molecule has 2 rings (SSSR count). The number of nitrogens with one attached hydrogen (secondary N) is 2. The minimum Gasteiger partial charge on any atom is -0.497 e. The number of aromatic nitrogens is 1. The van der Waals surface area contributed by atoms with E-state index in [1.807, 2.05) is 32.8 Å². The summed E-state index contributed by atoms with van der Waals surface area (Å²) >= 11 is 1.25. The number of carbonyl (C=O) groups is 3. The Kier molecular flexibility index (Phi) is 10.3. The van der Waals surface area contributed by atoms with E-state index in [2.05, 4.69) is 15.6 Å². The van der Waals surface area contributed by atoms with Crippen LogP contribution in [0.2, 0.25) is 0 Å².